The van der Waals surface area contributed by atoms with Crippen molar-refractivity contribution in [2.24, 2.45) is 0 Å². The summed E-state index contributed by atoms with van der Waals surface area (Å²) in [6.45, 7) is 7.93. The summed E-state index contributed by atoms with van der Waals surface area (Å²) in [6, 6.07) is 0. The van der Waals surface area contributed by atoms with Gasteiger partial charge < -0.3 is 4.74 Å². The Balaban J connectivity index is 3.59. The van der Waals surface area contributed by atoms with Gasteiger partial charge in [0.2, 0.25) is 5.85 Å². The van der Waals surface area contributed by atoms with Gasteiger partial charge in [0.15, 0.2) is 0 Å². The highest BCUT2D eigenvalue weighted by atomic mass is 19.2. The van der Waals surface area contributed by atoms with Gasteiger partial charge in [0.25, 0.3) is 0 Å². The zero-order chi connectivity index (χ0) is 7.49. The van der Waals surface area contributed by atoms with Gasteiger partial charge in [-0.05, 0) is 20.8 Å². The quantitative estimate of drug-likeness (QED) is 0.535. The molecule has 0 aliphatic rings. The van der Waals surface area contributed by atoms with E-state index in [-0.39, 0.29) is 6.10 Å². The molecule has 0 aromatic heterocycles. The lowest BCUT2D eigenvalue weighted by molar-refractivity contribution is -0.134. The molecule has 0 rings (SSSR count). The molecule has 0 aromatic rings. The summed E-state index contributed by atoms with van der Waals surface area (Å²) in [6.07, 6.45) is 1.34. The highest BCUT2D eigenvalue weighted by Gasteiger charge is 2.17. The minimum atomic E-state index is -1.55. The summed E-state index contributed by atoms with van der Waals surface area (Å²) in [5.74, 6) is -1.55. The van der Waals surface area contributed by atoms with Crippen molar-refractivity contribution in [2.75, 3.05) is 0 Å². The Labute approximate surface area is 55.5 Å². The second kappa shape index (κ2) is 2.97. The molecular weight excluding hydrogens is 119 g/mol. The lowest BCUT2D eigenvalue weighted by Crippen LogP contribution is -2.22. The predicted molar refractivity (Wildman–Crippen MR) is 35.9 cm³/mol. The molecule has 54 valence electrons. The van der Waals surface area contributed by atoms with Gasteiger partial charge in [-0.25, -0.2) is 4.39 Å². The second-order valence-corrected chi connectivity index (χ2v) is 2.42. The summed E-state index contributed by atoms with van der Waals surface area (Å²) >= 11 is 0. The Morgan fingerprint density at radius 2 is 2.11 bits per heavy atom. The molecular formula is C7H13FO. The first kappa shape index (κ1) is 8.63. The number of alkyl halides is 1. The van der Waals surface area contributed by atoms with Gasteiger partial charge in [-0.3, -0.25) is 0 Å². The fraction of sp³-hybridized carbons (Fsp3) is 0.714. The van der Waals surface area contributed by atoms with Gasteiger partial charge in [-0.1, -0.05) is 6.08 Å². The topological polar surface area (TPSA) is 9.23 Å². The minimum Gasteiger partial charge on any atom is -0.339 e. The first-order chi connectivity index (χ1) is 3.95. The van der Waals surface area contributed by atoms with Crippen molar-refractivity contribution in [1.82, 2.24) is 0 Å². The van der Waals surface area contributed by atoms with E-state index in [1.165, 1.54) is 13.8 Å². The number of rotatable bonds is 3. The van der Waals surface area contributed by atoms with Crippen molar-refractivity contribution >= 4 is 0 Å². The summed E-state index contributed by atoms with van der Waals surface area (Å²) < 4.78 is 17.4. The molecule has 9 heavy (non-hydrogen) atoms. The molecule has 0 amide bonds. The monoisotopic (exact) mass is 132 g/mol. The molecule has 1 nitrogen and oxygen atoms in total. The van der Waals surface area contributed by atoms with E-state index >= 15 is 0 Å². The van der Waals surface area contributed by atoms with Crippen LogP contribution in [-0.2, 0) is 4.74 Å². The Hall–Kier alpha value is -0.370. The van der Waals surface area contributed by atoms with Crippen LogP contribution in [0, 0.1) is 0 Å². The molecule has 2 heteroatoms. The third kappa shape index (κ3) is 5.50. The molecule has 0 aliphatic heterocycles. The number of hydrogen-bond acceptors (Lipinski definition) is 1. The van der Waals surface area contributed by atoms with Crippen LogP contribution in [0.4, 0.5) is 4.39 Å². The molecule has 0 spiro atoms. The van der Waals surface area contributed by atoms with E-state index in [2.05, 4.69) is 6.58 Å². The highest BCUT2D eigenvalue weighted by Crippen LogP contribution is 2.12. The summed E-state index contributed by atoms with van der Waals surface area (Å²) in [4.78, 5) is 0. The molecule has 0 saturated heterocycles. The Morgan fingerprint density at radius 3 is 2.22 bits per heavy atom. The van der Waals surface area contributed by atoms with Gasteiger partial charge in [0, 0.05) is 0 Å². The molecule has 0 radical (unpaired) electrons. The molecule has 0 heterocycles. The van der Waals surface area contributed by atoms with Crippen LogP contribution >= 0.6 is 0 Å². The van der Waals surface area contributed by atoms with E-state index in [1.54, 1.807) is 13.0 Å². The van der Waals surface area contributed by atoms with Crippen molar-refractivity contribution in [3.8, 4) is 0 Å². The minimum absolute atomic E-state index is 0.218. The third-order valence-corrected chi connectivity index (χ3v) is 0.798. The molecule has 0 saturated carbocycles. The number of halogens is 1. The van der Waals surface area contributed by atoms with E-state index in [1.807, 2.05) is 0 Å². The third-order valence-electron chi connectivity index (χ3n) is 0.798. The van der Waals surface area contributed by atoms with E-state index < -0.39 is 5.85 Å². The van der Waals surface area contributed by atoms with Crippen LogP contribution in [-0.4, -0.2) is 12.0 Å². The van der Waals surface area contributed by atoms with Gasteiger partial charge in [-0.15, -0.1) is 6.58 Å². The van der Waals surface area contributed by atoms with Crippen LogP contribution in [0.25, 0.3) is 0 Å². The van der Waals surface area contributed by atoms with E-state index in [0.717, 1.165) is 0 Å². The first-order valence-corrected chi connectivity index (χ1v) is 2.95. The van der Waals surface area contributed by atoms with E-state index in [4.69, 9.17) is 4.74 Å². The zero-order valence-electron chi connectivity index (χ0n) is 6.15. The van der Waals surface area contributed by atoms with Gasteiger partial charge in [-0.2, -0.15) is 0 Å². The molecule has 0 aromatic carbocycles. The second-order valence-electron chi connectivity index (χ2n) is 2.42. The van der Waals surface area contributed by atoms with Crippen molar-refractivity contribution in [3.05, 3.63) is 12.7 Å². The van der Waals surface area contributed by atoms with Gasteiger partial charge in [0.05, 0.1) is 6.10 Å². The highest BCUT2D eigenvalue weighted by molar-refractivity contribution is 4.76. The van der Waals surface area contributed by atoms with Crippen molar-refractivity contribution in [2.45, 2.75) is 32.7 Å². The van der Waals surface area contributed by atoms with Gasteiger partial charge >= 0.3 is 0 Å². The van der Waals surface area contributed by atoms with Crippen LogP contribution in [0.1, 0.15) is 20.8 Å². The van der Waals surface area contributed by atoms with Gasteiger partial charge in [0.1, 0.15) is 0 Å². The van der Waals surface area contributed by atoms with Crippen molar-refractivity contribution in [1.29, 1.82) is 0 Å². The smallest absolute Gasteiger partial charge is 0.204 e. The molecule has 0 aliphatic carbocycles. The average Bonchev–Trinajstić information content (AvgIpc) is 1.62. The fourth-order valence-corrected chi connectivity index (χ4v) is 0.490. The molecule has 0 bridgehead atoms. The standard InChI is InChI=1S/C7H13FO/c1-5-6(2)9-7(3,4)8/h5-6H,1H2,2-4H3. The molecule has 0 fully saturated rings. The maximum atomic E-state index is 12.6. The summed E-state index contributed by atoms with van der Waals surface area (Å²) in [7, 11) is 0. The fourth-order valence-electron chi connectivity index (χ4n) is 0.490. The predicted octanol–water partition coefficient (Wildman–Crippen LogP) is 2.28. The van der Waals surface area contributed by atoms with Crippen LogP contribution in [0.15, 0.2) is 12.7 Å². The van der Waals surface area contributed by atoms with Crippen LogP contribution in [0.2, 0.25) is 0 Å². The Morgan fingerprint density at radius 1 is 1.67 bits per heavy atom. The van der Waals surface area contributed by atoms with E-state index in [0.29, 0.717) is 0 Å². The normalized spacial score (nSPS) is 15.1. The SMILES string of the molecule is C=CC(C)OC(C)(C)F. The number of ether oxygens (including phenoxy) is 1. The van der Waals surface area contributed by atoms with Crippen molar-refractivity contribution in [3.63, 3.8) is 0 Å². The van der Waals surface area contributed by atoms with Crippen LogP contribution in [0.3, 0.4) is 0 Å². The maximum absolute atomic E-state index is 12.6. The Bertz CT molecular complexity index is 93.6. The number of hydrogen-bond donors (Lipinski definition) is 0. The lowest BCUT2D eigenvalue weighted by Gasteiger charge is -2.18. The summed E-state index contributed by atoms with van der Waals surface area (Å²) in [5.41, 5.74) is 0. The summed E-state index contributed by atoms with van der Waals surface area (Å²) in [5, 5.41) is 0. The zero-order valence-corrected chi connectivity index (χ0v) is 6.15. The maximum Gasteiger partial charge on any atom is 0.204 e. The lowest BCUT2D eigenvalue weighted by atomic mass is 10.3. The molecule has 1 atom stereocenters. The van der Waals surface area contributed by atoms with Crippen LogP contribution in [0.5, 0.6) is 0 Å². The molecule has 1 unspecified atom stereocenters. The molecule has 0 N–H and O–H groups in total. The van der Waals surface area contributed by atoms with E-state index in [9.17, 15) is 4.39 Å². The first-order valence-electron chi connectivity index (χ1n) is 2.95. The van der Waals surface area contributed by atoms with Crippen molar-refractivity contribution < 1.29 is 9.13 Å². The Kier molecular flexibility index (Phi) is 2.85. The van der Waals surface area contributed by atoms with Crippen LogP contribution < -0.4 is 0 Å². The average molecular weight is 132 g/mol. The largest absolute Gasteiger partial charge is 0.339 e.